The Hall–Kier alpha value is -2.97. The minimum absolute atomic E-state index is 0.488. The van der Waals surface area contributed by atoms with E-state index < -0.39 is 0 Å². The zero-order valence-corrected chi connectivity index (χ0v) is 17.5. The molecule has 0 amide bonds. The highest BCUT2D eigenvalue weighted by molar-refractivity contribution is 5.80. The molecule has 30 heavy (non-hydrogen) atoms. The van der Waals surface area contributed by atoms with Gasteiger partial charge in [0.05, 0.1) is 17.6 Å². The van der Waals surface area contributed by atoms with E-state index in [1.165, 1.54) is 0 Å². The molecule has 2 aromatic heterocycles. The normalized spacial score (nSPS) is 14.8. The average molecular weight is 409 g/mol. The van der Waals surface area contributed by atoms with Crippen molar-refractivity contribution in [2.75, 3.05) is 63.8 Å². The summed E-state index contributed by atoms with van der Waals surface area (Å²) in [5.74, 6) is 2.31. The number of nitrogens with one attached hydrogen (secondary N) is 1. The molecule has 0 radical (unpaired) electrons. The number of piperazine rings is 1. The highest BCUT2D eigenvalue weighted by Crippen LogP contribution is 2.26. The number of methoxy groups -OCH3 is 1. The Morgan fingerprint density at radius 3 is 2.43 bits per heavy atom. The van der Waals surface area contributed by atoms with Crippen LogP contribution in [0.15, 0.2) is 42.6 Å². The van der Waals surface area contributed by atoms with E-state index in [1.54, 1.807) is 7.11 Å². The molecular formula is C22H28N6O2. The Kier molecular flexibility index (Phi) is 6.56. The SMILES string of the molecule is COCCOc1ccc(CNc2nc3ccccc3nc2N2CCN(C)CC2)cn1. The van der Waals surface area contributed by atoms with Gasteiger partial charge < -0.3 is 24.6 Å². The largest absolute Gasteiger partial charge is 0.475 e. The smallest absolute Gasteiger partial charge is 0.213 e. The first kappa shape index (κ1) is 20.3. The topological polar surface area (TPSA) is 75.6 Å². The first-order valence-electron chi connectivity index (χ1n) is 10.2. The third-order valence-electron chi connectivity index (χ3n) is 5.15. The van der Waals surface area contributed by atoms with Crippen molar-refractivity contribution in [3.63, 3.8) is 0 Å². The van der Waals surface area contributed by atoms with E-state index in [1.807, 2.05) is 42.6 Å². The molecule has 3 aromatic rings. The van der Waals surface area contributed by atoms with Gasteiger partial charge in [0.2, 0.25) is 5.88 Å². The molecule has 1 N–H and O–H groups in total. The fourth-order valence-electron chi connectivity index (χ4n) is 3.36. The monoisotopic (exact) mass is 408 g/mol. The summed E-state index contributed by atoms with van der Waals surface area (Å²) in [4.78, 5) is 18.8. The Morgan fingerprint density at radius 1 is 0.967 bits per heavy atom. The number of para-hydroxylation sites is 2. The van der Waals surface area contributed by atoms with Gasteiger partial charge in [-0.3, -0.25) is 0 Å². The summed E-state index contributed by atoms with van der Waals surface area (Å²) in [7, 11) is 3.80. The van der Waals surface area contributed by atoms with Crippen LogP contribution in [0, 0.1) is 0 Å². The number of rotatable bonds is 8. The summed E-state index contributed by atoms with van der Waals surface area (Å²) in [5.41, 5.74) is 2.85. The second-order valence-electron chi connectivity index (χ2n) is 7.37. The summed E-state index contributed by atoms with van der Waals surface area (Å²) in [6.45, 7) is 5.55. The Bertz CT molecular complexity index is 958. The van der Waals surface area contributed by atoms with Crippen molar-refractivity contribution >= 4 is 22.7 Å². The Balaban J connectivity index is 1.50. The maximum atomic E-state index is 5.53. The molecular weight excluding hydrogens is 380 g/mol. The van der Waals surface area contributed by atoms with Crippen LogP contribution in [-0.2, 0) is 11.3 Å². The fraction of sp³-hybridized carbons (Fsp3) is 0.409. The molecule has 3 heterocycles. The lowest BCUT2D eigenvalue weighted by Crippen LogP contribution is -2.45. The van der Waals surface area contributed by atoms with Crippen LogP contribution in [0.2, 0.25) is 0 Å². The first-order valence-corrected chi connectivity index (χ1v) is 10.2. The van der Waals surface area contributed by atoms with Gasteiger partial charge in [0.1, 0.15) is 6.61 Å². The highest BCUT2D eigenvalue weighted by atomic mass is 16.5. The number of anilines is 2. The predicted octanol–water partition coefficient (Wildman–Crippen LogP) is 2.41. The van der Waals surface area contributed by atoms with Crippen molar-refractivity contribution in [1.29, 1.82) is 0 Å². The predicted molar refractivity (Wildman–Crippen MR) is 118 cm³/mol. The number of fused-ring (bicyclic) bond motifs is 1. The van der Waals surface area contributed by atoms with Crippen LogP contribution < -0.4 is 15.0 Å². The molecule has 4 rings (SSSR count). The molecule has 0 bridgehead atoms. The van der Waals surface area contributed by atoms with Crippen molar-refractivity contribution in [3.05, 3.63) is 48.2 Å². The molecule has 1 saturated heterocycles. The van der Waals surface area contributed by atoms with E-state index in [4.69, 9.17) is 19.4 Å². The number of hydrogen-bond donors (Lipinski definition) is 1. The van der Waals surface area contributed by atoms with Crippen LogP contribution in [0.25, 0.3) is 11.0 Å². The van der Waals surface area contributed by atoms with Crippen LogP contribution in [0.5, 0.6) is 5.88 Å². The molecule has 0 saturated carbocycles. The molecule has 1 aliphatic rings. The first-order chi connectivity index (χ1) is 14.7. The highest BCUT2D eigenvalue weighted by Gasteiger charge is 2.20. The second kappa shape index (κ2) is 9.69. The zero-order valence-electron chi connectivity index (χ0n) is 17.5. The minimum Gasteiger partial charge on any atom is -0.475 e. The molecule has 1 aliphatic heterocycles. The number of likely N-dealkylation sites (N-methyl/N-ethyl adjacent to an activating group) is 1. The van der Waals surface area contributed by atoms with Crippen molar-refractivity contribution in [2.24, 2.45) is 0 Å². The van der Waals surface area contributed by atoms with Crippen molar-refractivity contribution in [2.45, 2.75) is 6.54 Å². The maximum absolute atomic E-state index is 5.53. The molecule has 1 aromatic carbocycles. The Labute approximate surface area is 176 Å². The van der Waals surface area contributed by atoms with Gasteiger partial charge in [-0.1, -0.05) is 18.2 Å². The lowest BCUT2D eigenvalue weighted by molar-refractivity contribution is 0.143. The lowest BCUT2D eigenvalue weighted by atomic mass is 10.2. The molecule has 1 fully saturated rings. The van der Waals surface area contributed by atoms with E-state index in [0.717, 1.165) is 54.4 Å². The van der Waals surface area contributed by atoms with Gasteiger partial charge in [0.15, 0.2) is 11.6 Å². The number of hydrogen-bond acceptors (Lipinski definition) is 8. The van der Waals surface area contributed by atoms with Crippen molar-refractivity contribution in [1.82, 2.24) is 19.9 Å². The van der Waals surface area contributed by atoms with Gasteiger partial charge in [0.25, 0.3) is 0 Å². The molecule has 158 valence electrons. The van der Waals surface area contributed by atoms with Crippen LogP contribution in [0.4, 0.5) is 11.6 Å². The van der Waals surface area contributed by atoms with Gasteiger partial charge in [-0.25, -0.2) is 15.0 Å². The third-order valence-corrected chi connectivity index (χ3v) is 5.15. The van der Waals surface area contributed by atoms with Gasteiger partial charge in [-0.2, -0.15) is 0 Å². The van der Waals surface area contributed by atoms with Crippen molar-refractivity contribution in [3.8, 4) is 5.88 Å². The van der Waals surface area contributed by atoms with E-state index in [0.29, 0.717) is 25.6 Å². The number of ether oxygens (including phenoxy) is 2. The molecule has 0 aliphatic carbocycles. The van der Waals surface area contributed by atoms with Gasteiger partial charge in [-0.05, 0) is 24.7 Å². The molecule has 0 atom stereocenters. The summed E-state index contributed by atoms with van der Waals surface area (Å²) >= 11 is 0. The summed E-state index contributed by atoms with van der Waals surface area (Å²) in [6, 6.07) is 11.9. The van der Waals surface area contributed by atoms with E-state index in [9.17, 15) is 0 Å². The third kappa shape index (κ3) is 4.95. The number of nitrogens with zero attached hydrogens (tertiary/aromatic N) is 5. The number of pyridine rings is 1. The zero-order chi connectivity index (χ0) is 20.8. The minimum atomic E-state index is 0.488. The van der Waals surface area contributed by atoms with Gasteiger partial charge >= 0.3 is 0 Å². The maximum Gasteiger partial charge on any atom is 0.213 e. The van der Waals surface area contributed by atoms with Crippen molar-refractivity contribution < 1.29 is 9.47 Å². The Morgan fingerprint density at radius 2 is 1.73 bits per heavy atom. The number of aromatic nitrogens is 3. The standard InChI is InChI=1S/C22H28N6O2/c1-27-9-11-28(12-10-27)22-21(25-18-5-3-4-6-19(18)26-22)24-16-17-7-8-20(23-15-17)30-14-13-29-2/h3-8,15H,9-14,16H2,1-2H3,(H,24,25). The molecule has 0 unspecified atom stereocenters. The second-order valence-corrected chi connectivity index (χ2v) is 7.37. The molecule has 8 nitrogen and oxygen atoms in total. The van der Waals surface area contributed by atoms with Gasteiger partial charge in [-0.15, -0.1) is 0 Å². The van der Waals surface area contributed by atoms with E-state index in [2.05, 4.69) is 27.1 Å². The summed E-state index contributed by atoms with van der Waals surface area (Å²) in [6.07, 6.45) is 1.82. The number of benzene rings is 1. The van der Waals surface area contributed by atoms with Crippen LogP contribution >= 0.6 is 0 Å². The lowest BCUT2D eigenvalue weighted by Gasteiger charge is -2.34. The average Bonchev–Trinajstić information content (AvgIpc) is 2.79. The van der Waals surface area contributed by atoms with Crippen LogP contribution in [0.1, 0.15) is 5.56 Å². The fourth-order valence-corrected chi connectivity index (χ4v) is 3.36. The quantitative estimate of drug-likeness (QED) is 0.570. The van der Waals surface area contributed by atoms with Crippen LogP contribution in [0.3, 0.4) is 0 Å². The molecule has 0 spiro atoms. The van der Waals surface area contributed by atoms with E-state index >= 15 is 0 Å². The summed E-state index contributed by atoms with van der Waals surface area (Å²) < 4.78 is 10.5. The summed E-state index contributed by atoms with van der Waals surface area (Å²) in [5, 5.41) is 3.47. The molecule has 8 heteroatoms. The van der Waals surface area contributed by atoms with Crippen LogP contribution in [-0.4, -0.2) is 73.4 Å². The van der Waals surface area contributed by atoms with Gasteiger partial charge in [0, 0.05) is 52.1 Å². The van der Waals surface area contributed by atoms with E-state index in [-0.39, 0.29) is 0 Å².